The number of nitrogens with one attached hydrogen (secondary N) is 1. The maximum Gasteiger partial charge on any atom is 0.416 e. The smallest absolute Gasteiger partial charge is 0.416 e. The molecule has 3 rings (SSSR count). The molecule has 2 heterocycles. The number of aromatic nitrogens is 2. The summed E-state index contributed by atoms with van der Waals surface area (Å²) in [6.07, 6.45) is -4.04. The minimum atomic E-state index is -4.55. The molecular formula is C21H26F3N4O4S+. The number of rotatable bonds is 3. The third kappa shape index (κ3) is 6.41. The standard InChI is InChI=1S/C21H25F3N4O4S/c1-20(2,3)32-19(29)28-10-8-27(9-11-28)17-13-16(25-18(26-17)33(4,30)31)14-6-5-7-15(12-14)21(22,23)24/h5-7,12-13H,8-11H2,1-4H3/p+1. The Hall–Kier alpha value is -2.73. The van der Waals surface area contributed by atoms with Crippen molar-refractivity contribution in [2.24, 2.45) is 0 Å². The second kappa shape index (κ2) is 8.90. The van der Waals surface area contributed by atoms with Crippen molar-refractivity contribution in [2.75, 3.05) is 32.4 Å². The van der Waals surface area contributed by atoms with Crippen LogP contribution in [0.25, 0.3) is 11.3 Å². The Labute approximate surface area is 190 Å². The molecule has 0 atom stereocenters. The fourth-order valence-corrected chi connectivity index (χ4v) is 3.84. The van der Waals surface area contributed by atoms with E-state index in [9.17, 15) is 26.4 Å². The van der Waals surface area contributed by atoms with Crippen molar-refractivity contribution in [1.29, 1.82) is 0 Å². The van der Waals surface area contributed by atoms with Gasteiger partial charge >= 0.3 is 12.3 Å². The number of halogens is 3. The van der Waals surface area contributed by atoms with E-state index in [0.717, 1.165) is 23.3 Å². The van der Waals surface area contributed by atoms with Gasteiger partial charge in [-0.05, 0) is 32.9 Å². The average molecular weight is 488 g/mol. The van der Waals surface area contributed by atoms with Gasteiger partial charge in [-0.3, -0.25) is 9.80 Å². The number of hydrogen-bond donors (Lipinski definition) is 1. The molecule has 1 saturated heterocycles. The van der Waals surface area contributed by atoms with Crippen molar-refractivity contribution in [3.8, 4) is 11.3 Å². The van der Waals surface area contributed by atoms with Gasteiger partial charge in [-0.1, -0.05) is 12.1 Å². The molecule has 0 radical (unpaired) electrons. The highest BCUT2D eigenvalue weighted by Crippen LogP contribution is 2.32. The van der Waals surface area contributed by atoms with Gasteiger partial charge in [-0.2, -0.15) is 18.2 Å². The number of piperazine rings is 1. The van der Waals surface area contributed by atoms with E-state index in [1.165, 1.54) is 18.2 Å². The summed E-state index contributed by atoms with van der Waals surface area (Å²) in [4.78, 5) is 22.8. The summed E-state index contributed by atoms with van der Waals surface area (Å²) < 4.78 is 69.2. The third-order valence-electron chi connectivity index (χ3n) is 4.90. The van der Waals surface area contributed by atoms with Crippen molar-refractivity contribution in [3.05, 3.63) is 35.9 Å². The van der Waals surface area contributed by atoms with Crippen LogP contribution in [0.5, 0.6) is 0 Å². The van der Waals surface area contributed by atoms with E-state index in [0.29, 0.717) is 32.0 Å². The molecule has 33 heavy (non-hydrogen) atoms. The van der Waals surface area contributed by atoms with Crippen molar-refractivity contribution in [1.82, 2.24) is 14.9 Å². The molecule has 0 spiro atoms. The zero-order valence-electron chi connectivity index (χ0n) is 18.7. The van der Waals surface area contributed by atoms with Crippen molar-refractivity contribution in [3.63, 3.8) is 0 Å². The van der Waals surface area contributed by atoms with Gasteiger partial charge in [0.05, 0.1) is 24.3 Å². The highest BCUT2D eigenvalue weighted by Gasteiger charge is 2.32. The van der Waals surface area contributed by atoms with Gasteiger partial charge in [-0.25, -0.2) is 18.2 Å². The topological polar surface area (TPSA) is 93.9 Å². The number of sulfone groups is 1. The molecule has 0 saturated carbocycles. The van der Waals surface area contributed by atoms with Crippen LogP contribution in [-0.4, -0.2) is 67.4 Å². The number of amides is 1. The minimum Gasteiger partial charge on any atom is -0.444 e. The summed E-state index contributed by atoms with van der Waals surface area (Å²) in [5.41, 5.74) is -1.28. The zero-order chi connectivity index (χ0) is 24.6. The number of carbonyl (C=O) groups is 1. The summed E-state index contributed by atoms with van der Waals surface area (Å²) in [5.74, 6) is 0.335. The molecule has 2 aromatic rings. The third-order valence-corrected chi connectivity index (χ3v) is 5.75. The summed E-state index contributed by atoms with van der Waals surface area (Å²) in [5, 5.41) is -0.463. The van der Waals surface area contributed by atoms with Crippen LogP contribution in [0.15, 0.2) is 35.5 Å². The molecule has 0 unspecified atom stereocenters. The number of carbonyl (C=O) groups excluding carboxylic acids is 1. The normalized spacial score (nSPS) is 16.0. The van der Waals surface area contributed by atoms with Crippen LogP contribution in [0.1, 0.15) is 26.3 Å². The van der Waals surface area contributed by atoms with E-state index in [4.69, 9.17) is 4.74 Å². The predicted molar refractivity (Wildman–Crippen MR) is 114 cm³/mol. The van der Waals surface area contributed by atoms with Crippen LogP contribution < -0.4 is 4.90 Å². The molecule has 1 fully saturated rings. The van der Waals surface area contributed by atoms with Crippen LogP contribution in [0, 0.1) is 0 Å². The fourth-order valence-electron chi connectivity index (χ4n) is 3.32. The Bertz CT molecular complexity index is 1140. The Morgan fingerprint density at radius 3 is 2.27 bits per heavy atom. The van der Waals surface area contributed by atoms with Gasteiger partial charge in [0.15, 0.2) is 0 Å². The Morgan fingerprint density at radius 1 is 1.09 bits per heavy atom. The van der Waals surface area contributed by atoms with Crippen molar-refractivity contribution < 1.29 is 36.0 Å². The van der Waals surface area contributed by atoms with Gasteiger partial charge < -0.3 is 4.74 Å². The molecule has 1 aromatic heterocycles. The first kappa shape index (κ1) is 24.9. The van der Waals surface area contributed by atoms with Crippen LogP contribution in [0.4, 0.5) is 23.8 Å². The summed E-state index contributed by atoms with van der Waals surface area (Å²) in [6.45, 7) is 6.85. The number of quaternary nitrogens is 1. The van der Waals surface area contributed by atoms with Gasteiger partial charge in [0.1, 0.15) is 18.7 Å². The summed E-state index contributed by atoms with van der Waals surface area (Å²) >= 11 is 0. The first-order valence-electron chi connectivity index (χ1n) is 10.2. The quantitative estimate of drug-likeness (QED) is 0.668. The number of alkyl halides is 3. The number of benzene rings is 1. The molecular weight excluding hydrogens is 461 g/mol. The Balaban J connectivity index is 1.91. The second-order valence-corrected chi connectivity index (χ2v) is 10.8. The number of ether oxygens (including phenoxy) is 1. The SMILES string of the molecule is CC(C)(C)OC(=O)N1CC[NH+](c2cc(-c3cccc(C(F)(F)F)c3)nc(S(C)(=O)=O)n2)CC1. The molecule has 8 nitrogen and oxygen atoms in total. The van der Waals surface area contributed by atoms with Gasteiger partial charge in [0.2, 0.25) is 15.7 Å². The number of nitrogens with zero attached hydrogens (tertiary/aromatic N) is 3. The van der Waals surface area contributed by atoms with Crippen LogP contribution in [0.2, 0.25) is 0 Å². The fraction of sp³-hybridized carbons (Fsp3) is 0.476. The maximum atomic E-state index is 13.2. The van der Waals surface area contributed by atoms with Gasteiger partial charge in [0.25, 0.3) is 5.16 Å². The molecule has 1 aliphatic rings. The van der Waals surface area contributed by atoms with Crippen LogP contribution >= 0.6 is 0 Å². The molecule has 180 valence electrons. The first-order chi connectivity index (χ1) is 15.1. The molecule has 0 bridgehead atoms. The molecule has 0 aliphatic carbocycles. The highest BCUT2D eigenvalue weighted by molar-refractivity contribution is 7.90. The minimum absolute atomic E-state index is 0.0774. The molecule has 1 N–H and O–H groups in total. The predicted octanol–water partition coefficient (Wildman–Crippen LogP) is 2.33. The van der Waals surface area contributed by atoms with E-state index < -0.39 is 38.4 Å². The van der Waals surface area contributed by atoms with E-state index in [1.807, 2.05) is 0 Å². The molecule has 1 aromatic carbocycles. The summed E-state index contributed by atoms with van der Waals surface area (Å²) in [6, 6.07) is 6.02. The highest BCUT2D eigenvalue weighted by atomic mass is 32.2. The largest absolute Gasteiger partial charge is 0.444 e. The van der Waals surface area contributed by atoms with Crippen molar-refractivity contribution >= 4 is 21.7 Å². The van der Waals surface area contributed by atoms with Crippen LogP contribution in [-0.2, 0) is 20.8 Å². The van der Waals surface area contributed by atoms with E-state index in [1.54, 1.807) is 25.7 Å². The van der Waals surface area contributed by atoms with E-state index >= 15 is 0 Å². The van der Waals surface area contributed by atoms with Gasteiger partial charge in [-0.15, -0.1) is 0 Å². The monoisotopic (exact) mass is 487 g/mol. The lowest BCUT2D eigenvalue weighted by molar-refractivity contribution is -0.840. The molecule has 1 amide bonds. The summed E-state index contributed by atoms with van der Waals surface area (Å²) in [7, 11) is -3.82. The second-order valence-electron chi connectivity index (χ2n) is 8.84. The Kier molecular flexibility index (Phi) is 6.72. The lowest BCUT2D eigenvalue weighted by Gasteiger charge is -2.32. The maximum absolute atomic E-state index is 13.2. The molecule has 12 heteroatoms. The Morgan fingerprint density at radius 2 is 1.73 bits per heavy atom. The lowest BCUT2D eigenvalue weighted by Crippen LogP contribution is -3.10. The van der Waals surface area contributed by atoms with E-state index in [2.05, 4.69) is 9.97 Å². The van der Waals surface area contributed by atoms with Gasteiger partial charge in [0, 0.05) is 17.9 Å². The lowest BCUT2D eigenvalue weighted by atomic mass is 10.1. The number of hydrogen-bond acceptors (Lipinski definition) is 6. The molecule has 1 aliphatic heterocycles. The first-order valence-corrected chi connectivity index (χ1v) is 12.1. The van der Waals surface area contributed by atoms with Crippen molar-refractivity contribution in [2.45, 2.75) is 37.7 Å². The van der Waals surface area contributed by atoms with Crippen LogP contribution in [0.3, 0.4) is 0 Å². The zero-order valence-corrected chi connectivity index (χ0v) is 19.5. The average Bonchev–Trinajstić information content (AvgIpc) is 2.71. The van der Waals surface area contributed by atoms with E-state index in [-0.39, 0.29) is 11.3 Å².